The average molecular weight is 437 g/mol. The molecule has 0 saturated carbocycles. The van der Waals surface area contributed by atoms with Gasteiger partial charge in [-0.2, -0.15) is 0 Å². The number of benzene rings is 2. The Morgan fingerprint density at radius 2 is 1.77 bits per heavy atom. The van der Waals surface area contributed by atoms with Gasteiger partial charge in [0, 0.05) is 22.8 Å². The van der Waals surface area contributed by atoms with Gasteiger partial charge in [0.05, 0.1) is 28.9 Å². The standard InChI is InChI=1S/C25H28N2O3S/c1-15(2)12-27(13-16(3)4)14-19-21(28)10-9-17-11-18(25(29)30-23(17)19)24-26-20-7-5-6-8-22(20)31-24/h5-11,15-16,28H,12-14H2,1-4H3. The quantitative estimate of drug-likeness (QED) is 0.447. The van der Waals surface area contributed by atoms with Crippen LogP contribution in [0.15, 0.2) is 51.7 Å². The van der Waals surface area contributed by atoms with Gasteiger partial charge in [0.15, 0.2) is 0 Å². The van der Waals surface area contributed by atoms with E-state index in [9.17, 15) is 9.90 Å². The zero-order valence-electron chi connectivity index (χ0n) is 18.4. The number of para-hydroxylation sites is 1. The van der Waals surface area contributed by atoms with E-state index in [2.05, 4.69) is 32.7 Å². The van der Waals surface area contributed by atoms with Gasteiger partial charge in [0.2, 0.25) is 0 Å². The SMILES string of the molecule is CC(C)C[NH+](Cc1c([O-])ccc2cc(-c3nc4ccccc4s3)c(=O)oc12)CC(C)C. The highest BCUT2D eigenvalue weighted by atomic mass is 32.1. The summed E-state index contributed by atoms with van der Waals surface area (Å²) in [4.78, 5) is 18.8. The van der Waals surface area contributed by atoms with Crippen molar-refractivity contribution in [2.45, 2.75) is 34.2 Å². The summed E-state index contributed by atoms with van der Waals surface area (Å²) < 4.78 is 6.79. The molecule has 0 unspecified atom stereocenters. The van der Waals surface area contributed by atoms with Crippen LogP contribution in [0.1, 0.15) is 33.3 Å². The topological polar surface area (TPSA) is 70.6 Å². The Bertz CT molecular complexity index is 1230. The molecule has 4 rings (SSSR count). The molecule has 0 amide bonds. The zero-order valence-corrected chi connectivity index (χ0v) is 19.2. The number of rotatable bonds is 7. The Hall–Kier alpha value is -2.70. The van der Waals surface area contributed by atoms with Gasteiger partial charge < -0.3 is 14.4 Å². The molecule has 0 radical (unpaired) electrons. The van der Waals surface area contributed by atoms with Gasteiger partial charge in [-0.15, -0.1) is 11.3 Å². The number of fused-ring (bicyclic) bond motifs is 2. The normalized spacial score (nSPS) is 12.1. The molecule has 0 spiro atoms. The van der Waals surface area contributed by atoms with Gasteiger partial charge in [-0.05, 0) is 18.2 Å². The van der Waals surface area contributed by atoms with Crippen molar-refractivity contribution in [3.63, 3.8) is 0 Å². The maximum absolute atomic E-state index is 12.9. The van der Waals surface area contributed by atoms with Crippen molar-refractivity contribution in [3.8, 4) is 16.3 Å². The minimum absolute atomic E-state index is 0.0756. The summed E-state index contributed by atoms with van der Waals surface area (Å²) in [7, 11) is 0. The molecule has 0 saturated heterocycles. The van der Waals surface area contributed by atoms with E-state index in [4.69, 9.17) is 4.42 Å². The third kappa shape index (κ3) is 4.65. The van der Waals surface area contributed by atoms with Crippen LogP contribution in [-0.4, -0.2) is 18.1 Å². The molecule has 0 aliphatic carbocycles. The minimum Gasteiger partial charge on any atom is -0.872 e. The fraction of sp³-hybridized carbons (Fsp3) is 0.360. The van der Waals surface area contributed by atoms with Crippen molar-refractivity contribution in [1.82, 2.24) is 4.98 Å². The molecule has 4 aromatic rings. The molecule has 2 heterocycles. The number of aromatic nitrogens is 1. The summed E-state index contributed by atoms with van der Waals surface area (Å²) in [5.74, 6) is 0.946. The summed E-state index contributed by atoms with van der Waals surface area (Å²) in [6.07, 6.45) is 0. The molecule has 0 fully saturated rings. The molecule has 1 N–H and O–H groups in total. The molecule has 0 bridgehead atoms. The highest BCUT2D eigenvalue weighted by Crippen LogP contribution is 2.31. The fourth-order valence-electron chi connectivity index (χ4n) is 4.16. The third-order valence-electron chi connectivity index (χ3n) is 5.31. The highest BCUT2D eigenvalue weighted by molar-refractivity contribution is 7.21. The van der Waals surface area contributed by atoms with Crippen molar-refractivity contribution in [3.05, 3.63) is 58.4 Å². The Morgan fingerprint density at radius 3 is 2.45 bits per heavy atom. The van der Waals surface area contributed by atoms with Gasteiger partial charge in [-0.25, -0.2) is 9.78 Å². The van der Waals surface area contributed by atoms with Crippen LogP contribution in [0, 0.1) is 11.8 Å². The van der Waals surface area contributed by atoms with Crippen LogP contribution in [0.4, 0.5) is 0 Å². The number of hydrogen-bond donors (Lipinski definition) is 1. The second-order valence-electron chi connectivity index (χ2n) is 9.02. The van der Waals surface area contributed by atoms with E-state index in [1.807, 2.05) is 30.3 Å². The maximum atomic E-state index is 12.9. The number of nitrogens with zero attached hydrogens (tertiary/aromatic N) is 1. The Balaban J connectivity index is 1.78. The van der Waals surface area contributed by atoms with Crippen LogP contribution in [0.2, 0.25) is 0 Å². The monoisotopic (exact) mass is 436 g/mol. The number of nitrogens with one attached hydrogen (secondary N) is 1. The van der Waals surface area contributed by atoms with Crippen LogP contribution < -0.4 is 15.6 Å². The second-order valence-corrected chi connectivity index (χ2v) is 10.0. The molecule has 162 valence electrons. The average Bonchev–Trinajstić information content (AvgIpc) is 3.13. The van der Waals surface area contributed by atoms with E-state index < -0.39 is 5.63 Å². The zero-order chi connectivity index (χ0) is 22.1. The lowest BCUT2D eigenvalue weighted by Crippen LogP contribution is -3.11. The molecule has 0 aliphatic rings. The lowest BCUT2D eigenvalue weighted by molar-refractivity contribution is -0.919. The molecule has 0 aliphatic heterocycles. The molecule has 5 nitrogen and oxygen atoms in total. The van der Waals surface area contributed by atoms with E-state index in [-0.39, 0.29) is 5.75 Å². The first-order valence-corrected chi connectivity index (χ1v) is 11.6. The van der Waals surface area contributed by atoms with Crippen LogP contribution >= 0.6 is 11.3 Å². The Morgan fingerprint density at radius 1 is 1.06 bits per heavy atom. The first-order valence-electron chi connectivity index (χ1n) is 10.8. The van der Waals surface area contributed by atoms with E-state index in [0.29, 0.717) is 40.1 Å². The smallest absolute Gasteiger partial charge is 0.346 e. The van der Waals surface area contributed by atoms with Crippen molar-refractivity contribution < 1.29 is 14.4 Å². The molecule has 0 atom stereocenters. The summed E-state index contributed by atoms with van der Waals surface area (Å²) in [6, 6.07) is 12.9. The van der Waals surface area contributed by atoms with E-state index >= 15 is 0 Å². The van der Waals surface area contributed by atoms with Gasteiger partial charge in [-0.3, -0.25) is 0 Å². The first kappa shape index (κ1) is 21.5. The predicted octanol–water partition coefficient (Wildman–Crippen LogP) is 3.84. The molecule has 2 aromatic carbocycles. The van der Waals surface area contributed by atoms with Crippen LogP contribution in [0.3, 0.4) is 0 Å². The van der Waals surface area contributed by atoms with Gasteiger partial charge in [0.1, 0.15) is 17.1 Å². The lowest BCUT2D eigenvalue weighted by atomic mass is 10.1. The third-order valence-corrected chi connectivity index (χ3v) is 6.38. The van der Waals surface area contributed by atoms with Crippen molar-refractivity contribution in [1.29, 1.82) is 0 Å². The Labute approximate surface area is 186 Å². The van der Waals surface area contributed by atoms with Gasteiger partial charge in [0.25, 0.3) is 0 Å². The summed E-state index contributed by atoms with van der Waals surface area (Å²) in [5, 5.41) is 14.1. The largest absolute Gasteiger partial charge is 0.872 e. The number of quaternary nitrogens is 1. The number of thiazole rings is 1. The van der Waals surface area contributed by atoms with Crippen LogP contribution in [-0.2, 0) is 6.54 Å². The van der Waals surface area contributed by atoms with Crippen molar-refractivity contribution >= 4 is 32.5 Å². The van der Waals surface area contributed by atoms with Crippen molar-refractivity contribution in [2.24, 2.45) is 11.8 Å². The molecular weight excluding hydrogens is 408 g/mol. The van der Waals surface area contributed by atoms with E-state index in [1.165, 1.54) is 16.2 Å². The predicted molar refractivity (Wildman–Crippen MR) is 125 cm³/mol. The van der Waals surface area contributed by atoms with Crippen LogP contribution in [0.5, 0.6) is 5.75 Å². The van der Waals surface area contributed by atoms with E-state index in [1.54, 1.807) is 12.1 Å². The minimum atomic E-state index is -0.451. The maximum Gasteiger partial charge on any atom is 0.346 e. The molecule has 6 heteroatoms. The second kappa shape index (κ2) is 8.81. The summed E-state index contributed by atoms with van der Waals surface area (Å²) in [6.45, 7) is 11.2. The number of hydrogen-bond acceptors (Lipinski definition) is 5. The van der Waals surface area contributed by atoms with Crippen molar-refractivity contribution in [2.75, 3.05) is 13.1 Å². The van der Waals surface area contributed by atoms with Gasteiger partial charge >= 0.3 is 5.63 Å². The molecular formula is C25H28N2O3S. The molecule has 2 aromatic heterocycles. The fourth-order valence-corrected chi connectivity index (χ4v) is 5.13. The summed E-state index contributed by atoms with van der Waals surface area (Å²) in [5.41, 5.74) is 1.84. The van der Waals surface area contributed by atoms with Gasteiger partial charge in [-0.1, -0.05) is 57.7 Å². The summed E-state index contributed by atoms with van der Waals surface area (Å²) >= 11 is 1.47. The first-order chi connectivity index (χ1) is 14.8. The molecule has 31 heavy (non-hydrogen) atoms. The lowest BCUT2D eigenvalue weighted by Gasteiger charge is -2.25. The highest BCUT2D eigenvalue weighted by Gasteiger charge is 2.19. The van der Waals surface area contributed by atoms with Crippen LogP contribution in [0.25, 0.3) is 31.8 Å². The Kier molecular flexibility index (Phi) is 6.12. The van der Waals surface area contributed by atoms with E-state index in [0.717, 1.165) is 28.7 Å².